The van der Waals surface area contributed by atoms with Gasteiger partial charge < -0.3 is 9.64 Å². The summed E-state index contributed by atoms with van der Waals surface area (Å²) in [5, 5.41) is 0. The Morgan fingerprint density at radius 1 is 1.06 bits per heavy atom. The van der Waals surface area contributed by atoms with Crippen molar-refractivity contribution in [2.75, 3.05) is 26.2 Å². The van der Waals surface area contributed by atoms with E-state index in [-0.39, 0.29) is 5.69 Å². The fraction of sp³-hybridized carbons (Fsp3) is 0.571. The summed E-state index contributed by atoms with van der Waals surface area (Å²) in [7, 11) is 0. The van der Waals surface area contributed by atoms with E-state index in [1.807, 2.05) is 0 Å². The summed E-state index contributed by atoms with van der Waals surface area (Å²) in [4.78, 5) is 2.52. The minimum Gasteiger partial charge on any atom is -0.494 e. The summed E-state index contributed by atoms with van der Waals surface area (Å²) < 4.78 is 5.61. The van der Waals surface area contributed by atoms with Gasteiger partial charge in [0.25, 0.3) is 0 Å². The molecule has 0 N–H and O–H groups in total. The monoisotopic (exact) mass is 232 g/mol. The number of likely N-dealkylation sites (tertiary alicyclic amines) is 1. The number of ether oxygens (including phenoxy) is 1. The standard InChI is InChI=1S/C14H20N2O/c15-13-5-7-14(8-6-13)17-12-4-11-16-9-2-1-3-10-16/h5-8H,1-4,9-12H2. The maximum absolute atomic E-state index is 9.14. The summed E-state index contributed by atoms with van der Waals surface area (Å²) in [5.74, 6) is 0.835. The van der Waals surface area contributed by atoms with Gasteiger partial charge in [-0.25, -0.2) is 0 Å². The van der Waals surface area contributed by atoms with Crippen LogP contribution < -0.4 is 10.5 Å². The van der Waals surface area contributed by atoms with Crippen LogP contribution in [0.5, 0.6) is 5.75 Å². The van der Waals surface area contributed by atoms with E-state index < -0.39 is 0 Å². The molecule has 3 heteroatoms. The Morgan fingerprint density at radius 2 is 1.76 bits per heavy atom. The lowest BCUT2D eigenvalue weighted by molar-refractivity contribution is 0.205. The van der Waals surface area contributed by atoms with Crippen LogP contribution in [0.3, 0.4) is 0 Å². The SMILES string of the molecule is [N]c1ccc(OCCCN2CCCCC2)cc1. The lowest BCUT2D eigenvalue weighted by Gasteiger charge is -2.26. The summed E-state index contributed by atoms with van der Waals surface area (Å²) in [6.07, 6.45) is 5.15. The van der Waals surface area contributed by atoms with Crippen molar-refractivity contribution in [3.63, 3.8) is 0 Å². The Kier molecular flexibility index (Phi) is 4.68. The Labute approximate surface area is 104 Å². The fourth-order valence-electron chi connectivity index (χ4n) is 2.20. The maximum Gasteiger partial charge on any atom is 0.119 e. The highest BCUT2D eigenvalue weighted by molar-refractivity contribution is 5.38. The molecule has 0 atom stereocenters. The molecule has 1 fully saturated rings. The molecule has 0 unspecified atom stereocenters. The van der Waals surface area contributed by atoms with Crippen LogP contribution in [0.1, 0.15) is 25.7 Å². The van der Waals surface area contributed by atoms with Crippen molar-refractivity contribution in [3.05, 3.63) is 24.3 Å². The molecule has 1 aromatic rings. The molecule has 2 radical (unpaired) electrons. The van der Waals surface area contributed by atoms with E-state index in [2.05, 4.69) is 4.90 Å². The van der Waals surface area contributed by atoms with E-state index in [9.17, 15) is 0 Å². The van der Waals surface area contributed by atoms with Crippen molar-refractivity contribution in [2.24, 2.45) is 0 Å². The Bertz CT molecular complexity index is 317. The molecular formula is C14H20N2O. The third-order valence-corrected chi connectivity index (χ3v) is 3.17. The van der Waals surface area contributed by atoms with Gasteiger partial charge in [-0.3, -0.25) is 0 Å². The van der Waals surface area contributed by atoms with E-state index in [1.165, 1.54) is 32.4 Å². The number of benzene rings is 1. The number of nitrogens with zero attached hydrogens (tertiary/aromatic N) is 2. The van der Waals surface area contributed by atoms with Crippen molar-refractivity contribution in [3.8, 4) is 5.75 Å². The van der Waals surface area contributed by atoms with E-state index in [1.54, 1.807) is 24.3 Å². The van der Waals surface area contributed by atoms with E-state index in [4.69, 9.17) is 10.5 Å². The molecule has 1 saturated heterocycles. The third kappa shape index (κ3) is 4.27. The zero-order valence-corrected chi connectivity index (χ0v) is 10.3. The predicted molar refractivity (Wildman–Crippen MR) is 68.6 cm³/mol. The molecule has 0 spiro atoms. The minimum absolute atomic E-state index is 0.283. The molecule has 0 aromatic heterocycles. The second-order valence-electron chi connectivity index (χ2n) is 4.60. The van der Waals surface area contributed by atoms with Crippen molar-refractivity contribution in [1.82, 2.24) is 10.6 Å². The number of hydrogen-bond donors (Lipinski definition) is 0. The zero-order chi connectivity index (χ0) is 11.9. The summed E-state index contributed by atoms with van der Waals surface area (Å²) >= 11 is 0. The maximum atomic E-state index is 9.14. The summed E-state index contributed by atoms with van der Waals surface area (Å²) in [6.45, 7) is 4.39. The topological polar surface area (TPSA) is 34.8 Å². The van der Waals surface area contributed by atoms with Crippen molar-refractivity contribution in [2.45, 2.75) is 25.7 Å². The van der Waals surface area contributed by atoms with Gasteiger partial charge in [-0.1, -0.05) is 6.42 Å². The molecule has 0 bridgehead atoms. The molecule has 0 aliphatic carbocycles. The largest absolute Gasteiger partial charge is 0.494 e. The number of piperidine rings is 1. The van der Waals surface area contributed by atoms with Gasteiger partial charge in [0.05, 0.1) is 12.3 Å². The quantitative estimate of drug-likeness (QED) is 0.731. The van der Waals surface area contributed by atoms with Crippen LogP contribution in [0.4, 0.5) is 5.69 Å². The fourth-order valence-corrected chi connectivity index (χ4v) is 2.20. The van der Waals surface area contributed by atoms with Gasteiger partial charge in [-0.15, -0.1) is 0 Å². The molecular weight excluding hydrogens is 212 g/mol. The molecule has 1 aliphatic heterocycles. The van der Waals surface area contributed by atoms with Crippen molar-refractivity contribution >= 4 is 5.69 Å². The second-order valence-corrected chi connectivity index (χ2v) is 4.60. The van der Waals surface area contributed by atoms with Crippen LogP contribution in [0.25, 0.3) is 0 Å². The lowest BCUT2D eigenvalue weighted by Crippen LogP contribution is -2.31. The predicted octanol–water partition coefficient (Wildman–Crippen LogP) is 2.64. The van der Waals surface area contributed by atoms with Crippen molar-refractivity contribution in [1.29, 1.82) is 0 Å². The van der Waals surface area contributed by atoms with E-state index in [0.29, 0.717) is 0 Å². The zero-order valence-electron chi connectivity index (χ0n) is 10.3. The van der Waals surface area contributed by atoms with Gasteiger partial charge in [0.2, 0.25) is 0 Å². The molecule has 17 heavy (non-hydrogen) atoms. The molecule has 1 aliphatic rings. The molecule has 3 nitrogen and oxygen atoms in total. The summed E-state index contributed by atoms with van der Waals surface area (Å²) in [6, 6.07) is 6.91. The number of rotatable bonds is 5. The second kappa shape index (κ2) is 6.50. The normalized spacial score (nSPS) is 16.9. The van der Waals surface area contributed by atoms with Gasteiger partial charge in [0.1, 0.15) is 5.75 Å². The van der Waals surface area contributed by atoms with Crippen LogP contribution in [0, 0.1) is 0 Å². The van der Waals surface area contributed by atoms with E-state index >= 15 is 0 Å². The first-order valence-electron chi connectivity index (χ1n) is 6.49. The lowest BCUT2D eigenvalue weighted by atomic mass is 10.1. The minimum atomic E-state index is 0.283. The van der Waals surface area contributed by atoms with Crippen LogP contribution in [0.15, 0.2) is 24.3 Å². The highest BCUT2D eigenvalue weighted by Gasteiger charge is 2.08. The number of hydrogen-bond acceptors (Lipinski definition) is 2. The first kappa shape index (κ1) is 12.2. The molecule has 2 rings (SSSR count). The Balaban J connectivity index is 1.60. The Morgan fingerprint density at radius 3 is 2.47 bits per heavy atom. The van der Waals surface area contributed by atoms with Gasteiger partial charge in [-0.05, 0) is 56.6 Å². The van der Waals surface area contributed by atoms with Crippen LogP contribution in [0.2, 0.25) is 0 Å². The molecule has 0 saturated carbocycles. The van der Waals surface area contributed by atoms with Crippen LogP contribution >= 0.6 is 0 Å². The molecule has 1 heterocycles. The van der Waals surface area contributed by atoms with Gasteiger partial charge >= 0.3 is 0 Å². The highest BCUT2D eigenvalue weighted by Crippen LogP contribution is 2.14. The van der Waals surface area contributed by atoms with Gasteiger partial charge in [0, 0.05) is 6.54 Å². The first-order valence-corrected chi connectivity index (χ1v) is 6.49. The van der Waals surface area contributed by atoms with Crippen molar-refractivity contribution < 1.29 is 4.74 Å². The average molecular weight is 232 g/mol. The molecule has 0 amide bonds. The summed E-state index contributed by atoms with van der Waals surface area (Å²) in [5.41, 5.74) is 9.42. The van der Waals surface area contributed by atoms with Gasteiger partial charge in [-0.2, -0.15) is 5.73 Å². The smallest absolute Gasteiger partial charge is 0.119 e. The van der Waals surface area contributed by atoms with Crippen LogP contribution in [-0.2, 0) is 0 Å². The third-order valence-electron chi connectivity index (χ3n) is 3.17. The first-order chi connectivity index (χ1) is 8.34. The van der Waals surface area contributed by atoms with E-state index in [0.717, 1.165) is 25.3 Å². The average Bonchev–Trinajstić information content (AvgIpc) is 2.38. The van der Waals surface area contributed by atoms with Gasteiger partial charge in [0.15, 0.2) is 0 Å². The highest BCUT2D eigenvalue weighted by atomic mass is 16.5. The van der Waals surface area contributed by atoms with Crippen LogP contribution in [-0.4, -0.2) is 31.1 Å². The molecule has 1 aromatic carbocycles. The molecule has 92 valence electrons. The Hall–Kier alpha value is -1.22.